The maximum Gasteiger partial charge on any atom is 0.277 e. The summed E-state index contributed by atoms with van der Waals surface area (Å²) in [6, 6.07) is 13.0. The van der Waals surface area contributed by atoms with Crippen LogP contribution in [0.2, 0.25) is 0 Å². The van der Waals surface area contributed by atoms with Gasteiger partial charge in [0.1, 0.15) is 11.5 Å². The molecule has 3 rings (SSSR count). The highest BCUT2D eigenvalue weighted by molar-refractivity contribution is 5.47. The molecule has 0 bridgehead atoms. The summed E-state index contributed by atoms with van der Waals surface area (Å²) in [5.41, 5.74) is 0.761. The highest BCUT2D eigenvalue weighted by Crippen LogP contribution is 2.35. The first-order valence-electron chi connectivity index (χ1n) is 6.87. The number of hydrogen-bond donors (Lipinski definition) is 0. The molecule has 1 aliphatic heterocycles. The largest absolute Gasteiger partial charge is 0.457 e. The van der Waals surface area contributed by atoms with Crippen LogP contribution in [0.5, 0.6) is 11.5 Å². The van der Waals surface area contributed by atoms with Crippen LogP contribution in [0.15, 0.2) is 42.5 Å². The molecule has 0 N–H and O–H groups in total. The maximum atomic E-state index is 11.1. The molecule has 0 atom stereocenters. The van der Waals surface area contributed by atoms with E-state index in [-0.39, 0.29) is 5.69 Å². The van der Waals surface area contributed by atoms with Gasteiger partial charge in [0.25, 0.3) is 5.69 Å². The molecule has 0 radical (unpaired) electrons. The molecule has 1 saturated heterocycles. The van der Waals surface area contributed by atoms with E-state index >= 15 is 0 Å². The Labute approximate surface area is 131 Å². The molecule has 0 saturated carbocycles. The zero-order chi connectivity index (χ0) is 16.2. The van der Waals surface area contributed by atoms with Crippen molar-refractivity contribution >= 4 is 5.69 Å². The molecule has 1 fully saturated rings. The van der Waals surface area contributed by atoms with Gasteiger partial charge >= 0.3 is 0 Å². The van der Waals surface area contributed by atoms with Crippen LogP contribution in [-0.4, -0.2) is 18.1 Å². The van der Waals surface area contributed by atoms with Gasteiger partial charge in [-0.25, -0.2) is 0 Å². The first kappa shape index (κ1) is 15.0. The van der Waals surface area contributed by atoms with Crippen molar-refractivity contribution in [3.63, 3.8) is 0 Å². The van der Waals surface area contributed by atoms with Gasteiger partial charge < -0.3 is 14.2 Å². The zero-order valence-electron chi connectivity index (χ0n) is 12.0. The third kappa shape index (κ3) is 3.29. The third-order valence-corrected chi connectivity index (χ3v) is 3.29. The van der Waals surface area contributed by atoms with Crippen molar-refractivity contribution in [3.05, 3.63) is 63.7 Å². The maximum absolute atomic E-state index is 11.1. The number of nitro benzene ring substituents is 1. The molecular formula is C16H12N2O5. The summed E-state index contributed by atoms with van der Waals surface area (Å²) in [7, 11) is 0. The van der Waals surface area contributed by atoms with Crippen molar-refractivity contribution < 1.29 is 19.1 Å². The lowest BCUT2D eigenvalue weighted by Crippen LogP contribution is -2.03. The van der Waals surface area contributed by atoms with Crippen LogP contribution in [0.1, 0.15) is 17.4 Å². The molecule has 0 aromatic heterocycles. The number of nitrogens with zero attached hydrogens (tertiary/aromatic N) is 2. The third-order valence-electron chi connectivity index (χ3n) is 3.29. The van der Waals surface area contributed by atoms with Gasteiger partial charge in [-0.1, -0.05) is 0 Å². The number of benzene rings is 2. The number of hydrogen-bond acceptors (Lipinski definition) is 6. The lowest BCUT2D eigenvalue weighted by atomic mass is 10.1. The van der Waals surface area contributed by atoms with E-state index in [4.69, 9.17) is 19.5 Å². The molecule has 0 spiro atoms. The Morgan fingerprint density at radius 3 is 2.39 bits per heavy atom. The fraction of sp³-hybridized carbons (Fsp3) is 0.188. The second-order valence-electron chi connectivity index (χ2n) is 4.79. The predicted octanol–water partition coefficient (Wildman–Crippen LogP) is 3.30. The molecule has 0 amide bonds. The second kappa shape index (κ2) is 6.44. The summed E-state index contributed by atoms with van der Waals surface area (Å²) >= 11 is 0. The SMILES string of the molecule is N#Cc1ccc(Oc2ccc([N+](=O)[O-])c(C3OCCO3)c2)cc1. The van der Waals surface area contributed by atoms with Gasteiger partial charge in [-0.15, -0.1) is 0 Å². The fourth-order valence-electron chi connectivity index (χ4n) is 2.22. The van der Waals surface area contributed by atoms with Gasteiger partial charge in [0.2, 0.25) is 0 Å². The molecule has 1 aliphatic rings. The molecule has 23 heavy (non-hydrogen) atoms. The fourth-order valence-corrected chi connectivity index (χ4v) is 2.22. The highest BCUT2D eigenvalue weighted by atomic mass is 16.7. The van der Waals surface area contributed by atoms with Crippen LogP contribution in [-0.2, 0) is 9.47 Å². The van der Waals surface area contributed by atoms with Gasteiger partial charge in [0.15, 0.2) is 6.29 Å². The first-order valence-corrected chi connectivity index (χ1v) is 6.87. The number of ether oxygens (including phenoxy) is 3. The van der Waals surface area contributed by atoms with Gasteiger partial charge in [0, 0.05) is 6.07 Å². The predicted molar refractivity (Wildman–Crippen MR) is 79.0 cm³/mol. The van der Waals surface area contributed by atoms with Gasteiger partial charge in [-0.05, 0) is 36.4 Å². The average Bonchev–Trinajstić information content (AvgIpc) is 3.09. The summed E-state index contributed by atoms with van der Waals surface area (Å²) in [5.74, 6) is 0.950. The van der Waals surface area contributed by atoms with Crippen LogP contribution < -0.4 is 4.74 Å². The van der Waals surface area contributed by atoms with Gasteiger partial charge in [-0.2, -0.15) is 5.26 Å². The minimum absolute atomic E-state index is 0.0796. The molecule has 0 unspecified atom stereocenters. The first-order chi connectivity index (χ1) is 11.2. The Hall–Kier alpha value is -2.95. The highest BCUT2D eigenvalue weighted by Gasteiger charge is 2.27. The van der Waals surface area contributed by atoms with Gasteiger partial charge in [-0.3, -0.25) is 10.1 Å². The number of nitriles is 1. The number of rotatable bonds is 4. The van der Waals surface area contributed by atoms with Crippen molar-refractivity contribution in [1.82, 2.24) is 0 Å². The second-order valence-corrected chi connectivity index (χ2v) is 4.79. The summed E-state index contributed by atoms with van der Waals surface area (Å²) in [4.78, 5) is 10.7. The van der Waals surface area contributed by atoms with Crippen molar-refractivity contribution in [2.75, 3.05) is 13.2 Å². The molecule has 7 nitrogen and oxygen atoms in total. The van der Waals surface area contributed by atoms with E-state index in [1.165, 1.54) is 18.2 Å². The topological polar surface area (TPSA) is 94.6 Å². The van der Waals surface area contributed by atoms with Crippen molar-refractivity contribution in [2.24, 2.45) is 0 Å². The lowest BCUT2D eigenvalue weighted by Gasteiger charge is -2.12. The molecule has 1 heterocycles. The summed E-state index contributed by atoms with van der Waals surface area (Å²) in [6.45, 7) is 0.783. The molecule has 116 valence electrons. The smallest absolute Gasteiger partial charge is 0.277 e. The van der Waals surface area contributed by atoms with Crippen LogP contribution in [0, 0.1) is 21.4 Å². The molecule has 2 aromatic carbocycles. The van der Waals surface area contributed by atoms with Crippen molar-refractivity contribution in [2.45, 2.75) is 6.29 Å². The van der Waals surface area contributed by atoms with E-state index < -0.39 is 11.2 Å². The lowest BCUT2D eigenvalue weighted by molar-refractivity contribution is -0.386. The van der Waals surface area contributed by atoms with E-state index in [2.05, 4.69) is 0 Å². The standard InChI is InChI=1S/C16H12N2O5/c17-10-11-1-3-12(4-2-11)23-13-5-6-15(18(19)20)14(9-13)16-21-7-8-22-16/h1-6,9,16H,7-8H2. The van der Waals surface area contributed by atoms with Crippen LogP contribution in [0.3, 0.4) is 0 Å². The Balaban J connectivity index is 1.88. The summed E-state index contributed by atoms with van der Waals surface area (Å²) in [5, 5.41) is 19.9. The van der Waals surface area contributed by atoms with E-state index in [1.807, 2.05) is 6.07 Å². The Morgan fingerprint density at radius 2 is 1.78 bits per heavy atom. The molecule has 0 aliphatic carbocycles. The van der Waals surface area contributed by atoms with E-state index in [0.29, 0.717) is 35.8 Å². The van der Waals surface area contributed by atoms with E-state index in [1.54, 1.807) is 24.3 Å². The average molecular weight is 312 g/mol. The Morgan fingerprint density at radius 1 is 1.13 bits per heavy atom. The summed E-state index contributed by atoms with van der Waals surface area (Å²) < 4.78 is 16.4. The van der Waals surface area contributed by atoms with Crippen molar-refractivity contribution in [1.29, 1.82) is 5.26 Å². The van der Waals surface area contributed by atoms with Crippen LogP contribution in [0.25, 0.3) is 0 Å². The normalized spacial score (nSPS) is 14.4. The quantitative estimate of drug-likeness (QED) is 0.635. The minimum atomic E-state index is -0.764. The molecule has 2 aromatic rings. The zero-order valence-corrected chi connectivity index (χ0v) is 12.0. The Bertz CT molecular complexity index is 761. The number of nitro groups is 1. The molecule has 7 heteroatoms. The molecular weight excluding hydrogens is 300 g/mol. The van der Waals surface area contributed by atoms with Crippen LogP contribution in [0.4, 0.5) is 5.69 Å². The van der Waals surface area contributed by atoms with Gasteiger partial charge in [0.05, 0.1) is 35.3 Å². The Kier molecular flexibility index (Phi) is 4.19. The van der Waals surface area contributed by atoms with E-state index in [9.17, 15) is 10.1 Å². The monoisotopic (exact) mass is 312 g/mol. The van der Waals surface area contributed by atoms with E-state index in [0.717, 1.165) is 0 Å². The van der Waals surface area contributed by atoms with Crippen molar-refractivity contribution in [3.8, 4) is 17.6 Å². The van der Waals surface area contributed by atoms with Crippen LogP contribution >= 0.6 is 0 Å². The summed E-state index contributed by atoms with van der Waals surface area (Å²) in [6.07, 6.45) is -0.764. The minimum Gasteiger partial charge on any atom is -0.457 e.